The zero-order valence-electron chi connectivity index (χ0n) is 11.2. The van der Waals surface area contributed by atoms with Gasteiger partial charge >= 0.3 is 0 Å². The predicted molar refractivity (Wildman–Crippen MR) is 66.5 cm³/mol. The molecular weight excluding hydrogens is 200 g/mol. The number of ketones is 1. The summed E-state index contributed by atoms with van der Waals surface area (Å²) >= 11 is 0. The number of hydrogen-bond donors (Lipinski definition) is 0. The van der Waals surface area contributed by atoms with E-state index in [2.05, 4.69) is 20.8 Å². The summed E-state index contributed by atoms with van der Waals surface area (Å²) in [6, 6.07) is 0. The lowest BCUT2D eigenvalue weighted by Crippen LogP contribution is -2.53. The third-order valence-corrected chi connectivity index (χ3v) is 4.27. The lowest BCUT2D eigenvalue weighted by Gasteiger charge is -2.45. The molecule has 16 heavy (non-hydrogen) atoms. The maximum absolute atomic E-state index is 12.4. The average molecular weight is 226 g/mol. The van der Waals surface area contributed by atoms with Crippen molar-refractivity contribution >= 4 is 5.78 Å². The molecule has 0 N–H and O–H groups in total. The molecule has 1 rings (SSSR count). The third-order valence-electron chi connectivity index (χ3n) is 4.27. The van der Waals surface area contributed by atoms with Crippen molar-refractivity contribution in [2.75, 3.05) is 7.11 Å². The number of carbonyl (C=O) groups is 1. The van der Waals surface area contributed by atoms with Crippen molar-refractivity contribution in [3.63, 3.8) is 0 Å². The van der Waals surface area contributed by atoms with E-state index < -0.39 is 5.60 Å². The molecule has 0 aromatic carbocycles. The van der Waals surface area contributed by atoms with Gasteiger partial charge in [-0.3, -0.25) is 4.79 Å². The van der Waals surface area contributed by atoms with Gasteiger partial charge in [-0.05, 0) is 31.1 Å². The number of hydrogen-bond acceptors (Lipinski definition) is 2. The number of carbonyl (C=O) groups excluding carboxylic acids is 1. The molecule has 1 fully saturated rings. The second kappa shape index (κ2) is 5.81. The van der Waals surface area contributed by atoms with Crippen LogP contribution in [-0.4, -0.2) is 18.5 Å². The Balaban J connectivity index is 2.83. The van der Waals surface area contributed by atoms with Crippen LogP contribution in [0.5, 0.6) is 0 Å². The fourth-order valence-corrected chi connectivity index (χ4v) is 3.24. The molecule has 2 heteroatoms. The van der Waals surface area contributed by atoms with Gasteiger partial charge in [0.05, 0.1) is 0 Å². The van der Waals surface area contributed by atoms with E-state index in [1.165, 1.54) is 6.42 Å². The van der Waals surface area contributed by atoms with Crippen LogP contribution in [-0.2, 0) is 9.53 Å². The van der Waals surface area contributed by atoms with Crippen molar-refractivity contribution in [1.82, 2.24) is 0 Å². The zero-order valence-corrected chi connectivity index (χ0v) is 11.2. The van der Waals surface area contributed by atoms with Crippen molar-refractivity contribution in [3.8, 4) is 0 Å². The Bertz CT molecular complexity index is 225. The summed E-state index contributed by atoms with van der Waals surface area (Å²) in [5.41, 5.74) is -0.493. The van der Waals surface area contributed by atoms with Crippen LogP contribution >= 0.6 is 0 Å². The summed E-state index contributed by atoms with van der Waals surface area (Å²) in [6.45, 7) is 6.46. The van der Waals surface area contributed by atoms with Gasteiger partial charge in [-0.2, -0.15) is 0 Å². The Labute approximate surface area is 99.8 Å². The normalized spacial score (nSPS) is 35.0. The van der Waals surface area contributed by atoms with Gasteiger partial charge in [0.1, 0.15) is 5.60 Å². The van der Waals surface area contributed by atoms with Crippen LogP contribution in [0.1, 0.15) is 59.3 Å². The van der Waals surface area contributed by atoms with E-state index in [0.29, 0.717) is 24.0 Å². The molecule has 0 heterocycles. The highest BCUT2D eigenvalue weighted by molar-refractivity contribution is 5.88. The molecule has 1 aliphatic rings. The van der Waals surface area contributed by atoms with Gasteiger partial charge in [0.2, 0.25) is 0 Å². The van der Waals surface area contributed by atoms with Crippen molar-refractivity contribution in [2.45, 2.75) is 64.9 Å². The Morgan fingerprint density at radius 3 is 2.31 bits per heavy atom. The quantitative estimate of drug-likeness (QED) is 0.716. The van der Waals surface area contributed by atoms with Crippen LogP contribution in [0.4, 0.5) is 0 Å². The van der Waals surface area contributed by atoms with Gasteiger partial charge in [-0.15, -0.1) is 0 Å². The van der Waals surface area contributed by atoms with Gasteiger partial charge < -0.3 is 4.74 Å². The SMILES string of the molecule is CCCCC(=O)C1(OC)C(C)CCCC1C. The number of ether oxygens (including phenoxy) is 1. The van der Waals surface area contributed by atoms with Crippen LogP contribution in [0.2, 0.25) is 0 Å². The minimum absolute atomic E-state index is 0.330. The Morgan fingerprint density at radius 1 is 1.31 bits per heavy atom. The lowest BCUT2D eigenvalue weighted by molar-refractivity contribution is -0.162. The Morgan fingerprint density at radius 2 is 1.88 bits per heavy atom. The fourth-order valence-electron chi connectivity index (χ4n) is 3.24. The number of unbranched alkanes of at least 4 members (excludes halogenated alkanes) is 1. The molecule has 2 nitrogen and oxygen atoms in total. The van der Waals surface area contributed by atoms with E-state index >= 15 is 0 Å². The molecule has 0 spiro atoms. The maximum Gasteiger partial charge on any atom is 0.165 e. The molecule has 0 amide bonds. The van der Waals surface area contributed by atoms with Crippen molar-refractivity contribution < 1.29 is 9.53 Å². The highest BCUT2D eigenvalue weighted by Crippen LogP contribution is 2.42. The van der Waals surface area contributed by atoms with Crippen molar-refractivity contribution in [1.29, 1.82) is 0 Å². The van der Waals surface area contributed by atoms with E-state index in [4.69, 9.17) is 4.74 Å². The van der Waals surface area contributed by atoms with Gasteiger partial charge in [0, 0.05) is 13.5 Å². The van der Waals surface area contributed by atoms with Crippen LogP contribution in [0.25, 0.3) is 0 Å². The summed E-state index contributed by atoms with van der Waals surface area (Å²) in [4.78, 5) is 12.4. The highest BCUT2D eigenvalue weighted by atomic mass is 16.5. The average Bonchev–Trinajstić information content (AvgIpc) is 2.27. The van der Waals surface area contributed by atoms with E-state index in [1.54, 1.807) is 7.11 Å². The minimum atomic E-state index is -0.493. The van der Waals surface area contributed by atoms with E-state index in [9.17, 15) is 4.79 Å². The highest BCUT2D eigenvalue weighted by Gasteiger charge is 2.48. The molecule has 1 aliphatic carbocycles. The zero-order chi connectivity index (χ0) is 12.2. The molecule has 0 saturated heterocycles. The molecule has 0 aromatic heterocycles. The second-order valence-electron chi connectivity index (χ2n) is 5.26. The predicted octanol–water partition coefficient (Wildman–Crippen LogP) is 3.59. The van der Waals surface area contributed by atoms with Crippen molar-refractivity contribution in [2.24, 2.45) is 11.8 Å². The minimum Gasteiger partial charge on any atom is -0.370 e. The van der Waals surface area contributed by atoms with Crippen LogP contribution in [0.15, 0.2) is 0 Å². The van der Waals surface area contributed by atoms with Crippen LogP contribution in [0, 0.1) is 11.8 Å². The second-order valence-corrected chi connectivity index (χ2v) is 5.26. The molecule has 0 bridgehead atoms. The summed E-state index contributed by atoms with van der Waals surface area (Å²) in [7, 11) is 1.71. The van der Waals surface area contributed by atoms with Gasteiger partial charge in [0.15, 0.2) is 5.78 Å². The molecule has 2 atom stereocenters. The molecule has 1 saturated carbocycles. The number of rotatable bonds is 5. The number of methoxy groups -OCH3 is 1. The van der Waals surface area contributed by atoms with Gasteiger partial charge in [-0.1, -0.05) is 33.6 Å². The first-order valence-corrected chi connectivity index (χ1v) is 6.68. The third kappa shape index (κ3) is 2.32. The summed E-state index contributed by atoms with van der Waals surface area (Å²) < 4.78 is 5.71. The van der Waals surface area contributed by atoms with Crippen molar-refractivity contribution in [3.05, 3.63) is 0 Å². The topological polar surface area (TPSA) is 26.3 Å². The first kappa shape index (κ1) is 13.7. The molecule has 0 radical (unpaired) electrons. The van der Waals surface area contributed by atoms with Crippen LogP contribution < -0.4 is 0 Å². The lowest BCUT2D eigenvalue weighted by atomic mass is 9.66. The van der Waals surface area contributed by atoms with Gasteiger partial charge in [0.25, 0.3) is 0 Å². The number of Topliss-reactive ketones (excluding diaryl/α,β-unsaturated/α-hetero) is 1. The molecule has 0 aliphatic heterocycles. The molecule has 2 unspecified atom stereocenters. The van der Waals surface area contributed by atoms with E-state index in [-0.39, 0.29) is 0 Å². The molecular formula is C14H26O2. The summed E-state index contributed by atoms with van der Waals surface area (Å²) in [5.74, 6) is 1.06. The largest absolute Gasteiger partial charge is 0.370 e. The maximum atomic E-state index is 12.4. The monoisotopic (exact) mass is 226 g/mol. The van der Waals surface area contributed by atoms with Crippen LogP contribution in [0.3, 0.4) is 0 Å². The first-order valence-electron chi connectivity index (χ1n) is 6.68. The molecule has 94 valence electrons. The standard InChI is InChI=1S/C14H26O2/c1-5-6-10-13(15)14(16-4)11(2)8-7-9-12(14)3/h11-12H,5-10H2,1-4H3. The Kier molecular flexibility index (Phi) is 4.97. The van der Waals surface area contributed by atoms with E-state index in [0.717, 1.165) is 25.7 Å². The smallest absolute Gasteiger partial charge is 0.165 e. The first-order chi connectivity index (χ1) is 7.59. The summed E-state index contributed by atoms with van der Waals surface area (Å²) in [6.07, 6.45) is 6.22. The fraction of sp³-hybridized carbons (Fsp3) is 0.929. The van der Waals surface area contributed by atoms with Gasteiger partial charge in [-0.25, -0.2) is 0 Å². The van der Waals surface area contributed by atoms with E-state index in [1.807, 2.05) is 0 Å². The molecule has 0 aromatic rings. The Hall–Kier alpha value is -0.370. The summed E-state index contributed by atoms with van der Waals surface area (Å²) in [5, 5.41) is 0.